The molecule has 0 aromatic heterocycles. The van der Waals surface area contributed by atoms with Gasteiger partial charge in [-0.1, -0.05) is 18.9 Å². The van der Waals surface area contributed by atoms with Crippen LogP contribution in [0.4, 0.5) is 11.4 Å². The molecule has 1 atom stereocenters. The van der Waals surface area contributed by atoms with Gasteiger partial charge in [0.15, 0.2) is 0 Å². The molecule has 0 saturated carbocycles. The van der Waals surface area contributed by atoms with Gasteiger partial charge in [-0.25, -0.2) is 0 Å². The van der Waals surface area contributed by atoms with Crippen LogP contribution in [0.2, 0.25) is 0 Å². The lowest BCUT2D eigenvalue weighted by atomic mass is 10.2. The molecular formula is C18H30Cl2N4O3. The minimum absolute atomic E-state index is 0. The largest absolute Gasteiger partial charge is 0.383 e. The molecule has 1 saturated heterocycles. The number of likely N-dealkylation sites (tertiary alicyclic amines) is 1. The number of benzene rings is 1. The number of hydrogen-bond donors (Lipinski definition) is 3. The minimum atomic E-state index is -0.730. The molecule has 2 amide bonds. The summed E-state index contributed by atoms with van der Waals surface area (Å²) in [7, 11) is 1.49. The fourth-order valence-corrected chi connectivity index (χ4v) is 2.86. The zero-order valence-corrected chi connectivity index (χ0v) is 17.2. The highest BCUT2D eigenvalue weighted by atomic mass is 35.5. The van der Waals surface area contributed by atoms with Crippen LogP contribution in [0.15, 0.2) is 24.3 Å². The molecule has 1 aliphatic rings. The van der Waals surface area contributed by atoms with E-state index >= 15 is 0 Å². The normalized spacial score (nSPS) is 15.5. The highest BCUT2D eigenvalue weighted by Gasteiger charge is 2.15. The lowest BCUT2D eigenvalue weighted by Gasteiger charge is -2.19. The van der Waals surface area contributed by atoms with Crippen molar-refractivity contribution >= 4 is 48.0 Å². The predicted octanol–water partition coefficient (Wildman–Crippen LogP) is 2.26. The van der Waals surface area contributed by atoms with Gasteiger partial charge >= 0.3 is 0 Å². The van der Waals surface area contributed by atoms with Crippen LogP contribution in [-0.4, -0.2) is 56.1 Å². The van der Waals surface area contributed by atoms with Crippen molar-refractivity contribution in [3.63, 3.8) is 0 Å². The fraction of sp³-hybridized carbons (Fsp3) is 0.556. The van der Waals surface area contributed by atoms with Crippen molar-refractivity contribution in [1.82, 2.24) is 4.90 Å². The van der Waals surface area contributed by atoms with Crippen molar-refractivity contribution in [2.24, 2.45) is 5.73 Å². The molecule has 7 nitrogen and oxygen atoms in total. The number of hydrogen-bond acceptors (Lipinski definition) is 5. The number of rotatable bonds is 7. The van der Waals surface area contributed by atoms with Crippen molar-refractivity contribution in [2.45, 2.75) is 31.7 Å². The van der Waals surface area contributed by atoms with Crippen LogP contribution < -0.4 is 16.4 Å². The van der Waals surface area contributed by atoms with Crippen molar-refractivity contribution < 1.29 is 14.3 Å². The van der Waals surface area contributed by atoms with Crippen molar-refractivity contribution in [3.8, 4) is 0 Å². The molecule has 1 fully saturated rings. The number of amides is 2. The Kier molecular flexibility index (Phi) is 13.0. The molecule has 2 rings (SSSR count). The van der Waals surface area contributed by atoms with Crippen LogP contribution in [0.25, 0.3) is 0 Å². The van der Waals surface area contributed by atoms with E-state index in [0.29, 0.717) is 17.9 Å². The number of carbonyl (C=O) groups excluding carboxylic acids is 2. The summed E-state index contributed by atoms with van der Waals surface area (Å²) >= 11 is 0. The minimum Gasteiger partial charge on any atom is -0.383 e. The highest BCUT2D eigenvalue weighted by Crippen LogP contribution is 2.16. The van der Waals surface area contributed by atoms with Gasteiger partial charge in [0.05, 0.1) is 13.2 Å². The van der Waals surface area contributed by atoms with Gasteiger partial charge in [0.2, 0.25) is 11.8 Å². The van der Waals surface area contributed by atoms with Crippen LogP contribution in [-0.2, 0) is 14.3 Å². The molecule has 1 heterocycles. The van der Waals surface area contributed by atoms with Gasteiger partial charge in [0.25, 0.3) is 0 Å². The average molecular weight is 421 g/mol. The molecule has 0 radical (unpaired) electrons. The maximum absolute atomic E-state index is 12.2. The van der Waals surface area contributed by atoms with E-state index in [2.05, 4.69) is 15.5 Å². The maximum atomic E-state index is 12.2. The number of carbonyl (C=O) groups is 2. The first-order valence-electron chi connectivity index (χ1n) is 8.76. The molecule has 27 heavy (non-hydrogen) atoms. The Morgan fingerprint density at radius 3 is 2.30 bits per heavy atom. The first-order valence-corrected chi connectivity index (χ1v) is 8.76. The average Bonchev–Trinajstić information content (AvgIpc) is 2.84. The highest BCUT2D eigenvalue weighted by molar-refractivity contribution is 5.96. The lowest BCUT2D eigenvalue weighted by molar-refractivity contribution is -0.118. The topological polar surface area (TPSA) is 96.7 Å². The van der Waals surface area contributed by atoms with Crippen LogP contribution in [0.5, 0.6) is 0 Å². The smallest absolute Gasteiger partial charge is 0.243 e. The first kappa shape index (κ1) is 25.6. The Morgan fingerprint density at radius 1 is 1.11 bits per heavy atom. The summed E-state index contributed by atoms with van der Waals surface area (Å²) in [5.41, 5.74) is 6.94. The summed E-state index contributed by atoms with van der Waals surface area (Å²) in [6.07, 6.45) is 4.78. The quantitative estimate of drug-likeness (QED) is 0.628. The van der Waals surface area contributed by atoms with Crippen LogP contribution in [0, 0.1) is 0 Å². The maximum Gasteiger partial charge on any atom is 0.243 e. The van der Waals surface area contributed by atoms with Crippen molar-refractivity contribution in [2.75, 3.05) is 44.0 Å². The standard InChI is InChI=1S/C18H28N4O3.2ClH/c1-25-13-16(19)18(24)21-15-8-6-7-14(11-15)20-17(23)12-22-9-4-2-3-5-10-22;;/h6-8,11,16H,2-5,9-10,12-13,19H2,1H3,(H,20,23)(H,21,24);2*1H. The van der Waals surface area contributed by atoms with Crippen LogP contribution in [0.1, 0.15) is 25.7 Å². The van der Waals surface area contributed by atoms with Gasteiger partial charge in [-0.15, -0.1) is 24.8 Å². The predicted molar refractivity (Wildman–Crippen MR) is 113 cm³/mol. The SMILES string of the molecule is COCC(N)C(=O)Nc1cccc(NC(=O)CN2CCCCCC2)c1.Cl.Cl. The molecule has 1 aliphatic heterocycles. The van der Waals surface area contributed by atoms with Gasteiger partial charge in [-0.2, -0.15) is 0 Å². The number of halogens is 2. The Bertz CT molecular complexity index is 581. The van der Waals surface area contributed by atoms with E-state index in [1.807, 2.05) is 0 Å². The van der Waals surface area contributed by atoms with E-state index in [1.165, 1.54) is 20.0 Å². The van der Waals surface area contributed by atoms with E-state index in [-0.39, 0.29) is 43.2 Å². The lowest BCUT2D eigenvalue weighted by Crippen LogP contribution is -2.39. The molecule has 1 aromatic carbocycles. The summed E-state index contributed by atoms with van der Waals surface area (Å²) in [5.74, 6) is -0.364. The summed E-state index contributed by atoms with van der Waals surface area (Å²) in [5, 5.41) is 5.61. The molecule has 9 heteroatoms. The van der Waals surface area contributed by atoms with Crippen molar-refractivity contribution in [3.05, 3.63) is 24.3 Å². The third kappa shape index (κ3) is 9.39. The van der Waals surface area contributed by atoms with Gasteiger partial charge in [-0.3, -0.25) is 14.5 Å². The Morgan fingerprint density at radius 2 is 1.70 bits per heavy atom. The van der Waals surface area contributed by atoms with Gasteiger partial charge in [-0.05, 0) is 44.1 Å². The van der Waals surface area contributed by atoms with E-state index in [0.717, 1.165) is 25.9 Å². The monoisotopic (exact) mass is 420 g/mol. The molecule has 154 valence electrons. The Hall–Kier alpha value is -1.38. The summed E-state index contributed by atoms with van der Waals surface area (Å²) < 4.78 is 4.87. The van der Waals surface area contributed by atoms with Crippen molar-refractivity contribution in [1.29, 1.82) is 0 Å². The third-order valence-corrected chi connectivity index (χ3v) is 4.16. The molecule has 1 aromatic rings. The summed E-state index contributed by atoms with van der Waals surface area (Å²) in [6, 6.07) is 6.32. The van der Waals surface area contributed by atoms with E-state index in [4.69, 9.17) is 10.5 Å². The molecular weight excluding hydrogens is 391 g/mol. The molecule has 0 bridgehead atoms. The van der Waals surface area contributed by atoms with Gasteiger partial charge in [0, 0.05) is 18.5 Å². The fourth-order valence-electron chi connectivity index (χ4n) is 2.86. The van der Waals surface area contributed by atoms with Gasteiger partial charge in [0.1, 0.15) is 6.04 Å². The number of nitrogens with zero attached hydrogens (tertiary/aromatic N) is 1. The van der Waals surface area contributed by atoms with E-state index in [1.54, 1.807) is 24.3 Å². The third-order valence-electron chi connectivity index (χ3n) is 4.16. The van der Waals surface area contributed by atoms with E-state index in [9.17, 15) is 9.59 Å². The second-order valence-electron chi connectivity index (χ2n) is 6.37. The number of methoxy groups -OCH3 is 1. The Labute approximate surface area is 173 Å². The molecule has 4 N–H and O–H groups in total. The molecule has 1 unspecified atom stereocenters. The first-order chi connectivity index (χ1) is 12.1. The second-order valence-corrected chi connectivity index (χ2v) is 6.37. The van der Waals surface area contributed by atoms with E-state index < -0.39 is 6.04 Å². The summed E-state index contributed by atoms with van der Waals surface area (Å²) in [4.78, 5) is 26.4. The summed E-state index contributed by atoms with van der Waals surface area (Å²) in [6.45, 7) is 2.50. The van der Waals surface area contributed by atoms with Crippen LogP contribution >= 0.6 is 24.8 Å². The van der Waals surface area contributed by atoms with Gasteiger partial charge < -0.3 is 21.1 Å². The zero-order chi connectivity index (χ0) is 18.1. The number of nitrogens with one attached hydrogen (secondary N) is 2. The Balaban J connectivity index is 0.00000338. The second kappa shape index (κ2) is 13.7. The van der Waals surface area contributed by atoms with Crippen LogP contribution in [0.3, 0.4) is 0 Å². The number of anilines is 2. The number of nitrogens with two attached hydrogens (primary N) is 1. The molecule has 0 spiro atoms. The molecule has 0 aliphatic carbocycles. The zero-order valence-electron chi connectivity index (χ0n) is 15.6. The number of ether oxygens (including phenoxy) is 1.